The number of unbranched alkanes of at least 4 members (excludes halogenated alkanes) is 3. The lowest BCUT2D eigenvalue weighted by Gasteiger charge is -2.41. The SMILES string of the molecule is CC(=O)COCc1ccc(NC(=O)[C@H](CCCNC(N)=O)CC(=O)[C@@H](NC(=O)CCCC(=O)O)C(C)C)cc1.CCCCCCOc1ccc(C[C@H](CC(=O)[C@H](C)[C@@H](OC)[C@@H]2CCCN2C(=O)C[C@@H](OC)[C@H]([C@@H](C)CC)N(C)C(=O)[C@@H](CC(=O)[C@H](C(C)C)N(C)C)C(C)C)C(=O)NS(C)(=O)=O)cc1. The highest BCUT2D eigenvalue weighted by Crippen LogP contribution is 2.33. The Labute approximate surface area is 612 Å². The molecular formula is C76H124N8O18S. The van der Waals surface area contributed by atoms with Gasteiger partial charge in [-0.3, -0.25) is 57.6 Å². The normalized spacial score (nSPS) is 16.0. The Kier molecular flexibility index (Phi) is 42.2. The van der Waals surface area contributed by atoms with Crippen LogP contribution in [0.1, 0.15) is 190 Å². The predicted octanol–water partition coefficient (Wildman–Crippen LogP) is 8.73. The number of benzene rings is 2. The van der Waals surface area contributed by atoms with Gasteiger partial charge < -0.3 is 55.5 Å². The molecule has 1 aliphatic heterocycles. The van der Waals surface area contributed by atoms with Crippen molar-refractivity contribution in [2.24, 2.45) is 53.1 Å². The molecule has 1 saturated heterocycles. The second-order valence-corrected chi connectivity index (χ2v) is 30.6. The van der Waals surface area contributed by atoms with Crippen molar-refractivity contribution in [3.8, 4) is 5.75 Å². The first-order valence-electron chi connectivity index (χ1n) is 36.5. The number of nitrogens with one attached hydrogen (secondary N) is 4. The van der Waals surface area contributed by atoms with Crippen LogP contribution in [0.5, 0.6) is 5.75 Å². The number of sulfonamides is 1. The van der Waals surface area contributed by atoms with Crippen LogP contribution in [0.3, 0.4) is 0 Å². The summed E-state index contributed by atoms with van der Waals surface area (Å²) < 4.78 is 49.6. The summed E-state index contributed by atoms with van der Waals surface area (Å²) in [6.07, 6.45) is 6.35. The van der Waals surface area contributed by atoms with E-state index in [9.17, 15) is 61.2 Å². The van der Waals surface area contributed by atoms with E-state index in [1.54, 1.807) is 69.0 Å². The van der Waals surface area contributed by atoms with Crippen molar-refractivity contribution >= 4 is 80.4 Å². The van der Waals surface area contributed by atoms with Crippen LogP contribution < -0.4 is 31.1 Å². The zero-order valence-electron chi connectivity index (χ0n) is 64.5. The number of nitrogens with two attached hydrogens (primary N) is 1. The Morgan fingerprint density at radius 3 is 1.88 bits per heavy atom. The van der Waals surface area contributed by atoms with Gasteiger partial charge in [0.1, 0.15) is 18.1 Å². The summed E-state index contributed by atoms with van der Waals surface area (Å²) in [5.74, 6) is -6.24. The van der Waals surface area contributed by atoms with Crippen LogP contribution in [0.4, 0.5) is 10.5 Å². The van der Waals surface area contributed by atoms with E-state index in [0.29, 0.717) is 43.9 Å². The smallest absolute Gasteiger partial charge is 0.312 e. The Morgan fingerprint density at radius 1 is 0.718 bits per heavy atom. The molecule has 26 nitrogen and oxygen atoms in total. The molecule has 103 heavy (non-hydrogen) atoms. The minimum atomic E-state index is -3.90. The number of urea groups is 1. The molecule has 0 radical (unpaired) electrons. The molecule has 11 atom stereocenters. The molecule has 1 fully saturated rings. The lowest BCUT2D eigenvalue weighted by atomic mass is 9.83. The number of ether oxygens (including phenoxy) is 4. The number of anilines is 1. The molecule has 582 valence electrons. The van der Waals surface area contributed by atoms with E-state index in [4.69, 9.17) is 29.8 Å². The fraction of sp³-hybridized carbons (Fsp3) is 0.697. The number of methoxy groups -OCH3 is 2. The van der Waals surface area contributed by atoms with Gasteiger partial charge in [-0.25, -0.2) is 13.2 Å². The van der Waals surface area contributed by atoms with Crippen LogP contribution >= 0.6 is 0 Å². The third-order valence-electron chi connectivity index (χ3n) is 19.0. The van der Waals surface area contributed by atoms with Crippen LogP contribution in [0.25, 0.3) is 0 Å². The molecule has 2 aromatic rings. The maximum Gasteiger partial charge on any atom is 0.312 e. The van der Waals surface area contributed by atoms with Crippen molar-refractivity contribution in [3.05, 3.63) is 59.7 Å². The number of aliphatic carboxylic acids is 1. The van der Waals surface area contributed by atoms with Crippen molar-refractivity contribution in [3.63, 3.8) is 0 Å². The van der Waals surface area contributed by atoms with E-state index in [2.05, 4.69) is 27.6 Å². The van der Waals surface area contributed by atoms with Crippen LogP contribution in [-0.2, 0) is 85.2 Å². The number of ketones is 4. The molecule has 0 bridgehead atoms. The Balaban J connectivity index is 0.000000789. The van der Waals surface area contributed by atoms with Gasteiger partial charge in [0.05, 0.1) is 62.3 Å². The van der Waals surface area contributed by atoms with E-state index in [1.165, 1.54) is 14.0 Å². The summed E-state index contributed by atoms with van der Waals surface area (Å²) >= 11 is 0. The minimum absolute atomic E-state index is 0.0129. The fourth-order valence-corrected chi connectivity index (χ4v) is 13.8. The molecule has 0 saturated carbocycles. The van der Waals surface area contributed by atoms with Gasteiger partial charge in [0.2, 0.25) is 39.6 Å². The van der Waals surface area contributed by atoms with Crippen LogP contribution in [0.2, 0.25) is 0 Å². The number of likely N-dealkylation sites (tertiary alicyclic amines) is 1. The molecule has 0 aromatic heterocycles. The van der Waals surface area contributed by atoms with Crippen LogP contribution in [0, 0.1) is 47.3 Å². The summed E-state index contributed by atoms with van der Waals surface area (Å²) in [6.45, 7) is 22.4. The summed E-state index contributed by atoms with van der Waals surface area (Å²) in [4.78, 5) is 147. The number of primary amides is 1. The van der Waals surface area contributed by atoms with Crippen LogP contribution in [-0.4, -0.2) is 197 Å². The molecular weight excluding hydrogens is 1340 g/mol. The Hall–Kier alpha value is -7.20. The van der Waals surface area contributed by atoms with Crippen molar-refractivity contribution in [1.82, 2.24) is 30.1 Å². The van der Waals surface area contributed by atoms with Crippen molar-refractivity contribution in [1.29, 1.82) is 0 Å². The van der Waals surface area contributed by atoms with Gasteiger partial charge >= 0.3 is 12.0 Å². The third kappa shape index (κ3) is 33.6. The molecule has 1 heterocycles. The molecule has 7 amide bonds. The summed E-state index contributed by atoms with van der Waals surface area (Å²) in [7, 11) is 4.67. The molecule has 7 N–H and O–H groups in total. The zero-order valence-corrected chi connectivity index (χ0v) is 65.3. The highest BCUT2D eigenvalue weighted by atomic mass is 32.2. The molecule has 0 unspecified atom stereocenters. The summed E-state index contributed by atoms with van der Waals surface area (Å²) in [5, 5.41) is 16.7. The quantitative estimate of drug-likeness (QED) is 0.0337. The van der Waals surface area contributed by atoms with Crippen LogP contribution in [0.15, 0.2) is 48.5 Å². The summed E-state index contributed by atoms with van der Waals surface area (Å²) in [5.41, 5.74) is 7.17. The van der Waals surface area contributed by atoms with Gasteiger partial charge in [-0.15, -0.1) is 0 Å². The van der Waals surface area contributed by atoms with Gasteiger partial charge in [-0.2, -0.15) is 0 Å². The molecule has 0 aliphatic carbocycles. The second-order valence-electron chi connectivity index (χ2n) is 28.8. The lowest BCUT2D eigenvalue weighted by molar-refractivity contribution is -0.149. The molecule has 27 heteroatoms. The minimum Gasteiger partial charge on any atom is -0.494 e. The predicted molar refractivity (Wildman–Crippen MR) is 396 cm³/mol. The van der Waals surface area contributed by atoms with Crippen molar-refractivity contribution < 1.29 is 85.2 Å². The Morgan fingerprint density at radius 2 is 1.35 bits per heavy atom. The number of hydrogen-bond acceptors (Lipinski definition) is 18. The largest absolute Gasteiger partial charge is 0.494 e. The first-order chi connectivity index (χ1) is 48.4. The number of nitrogens with zero attached hydrogens (tertiary/aromatic N) is 3. The van der Waals surface area contributed by atoms with E-state index < -0.39 is 93.8 Å². The van der Waals surface area contributed by atoms with Gasteiger partial charge in [0.15, 0.2) is 17.3 Å². The molecule has 1 aliphatic rings. The van der Waals surface area contributed by atoms with E-state index in [1.807, 2.05) is 84.8 Å². The van der Waals surface area contributed by atoms with E-state index in [-0.39, 0.29) is 142 Å². The average molecular weight is 1470 g/mol. The number of Topliss-reactive ketones (excluding diaryl/α,β-unsaturated/α-hetero) is 4. The van der Waals surface area contributed by atoms with E-state index in [0.717, 1.165) is 49.5 Å². The summed E-state index contributed by atoms with van der Waals surface area (Å²) in [6, 6.07) is 11.4. The number of amides is 7. The number of carboxylic acids is 1. The average Bonchev–Trinajstić information content (AvgIpc) is 1.58. The number of carbonyl (C=O) groups is 11. The van der Waals surface area contributed by atoms with Crippen molar-refractivity contribution in [2.75, 3.05) is 73.2 Å². The zero-order chi connectivity index (χ0) is 77.8. The molecule has 0 spiro atoms. The number of carbonyl (C=O) groups excluding carboxylic acids is 10. The lowest BCUT2D eigenvalue weighted by Crippen LogP contribution is -2.54. The maximum absolute atomic E-state index is 14.4. The van der Waals surface area contributed by atoms with E-state index >= 15 is 0 Å². The molecule has 3 rings (SSSR count). The first-order valence-corrected chi connectivity index (χ1v) is 38.4. The highest BCUT2D eigenvalue weighted by Gasteiger charge is 2.44. The number of hydrogen-bond donors (Lipinski definition) is 6. The Bertz CT molecular complexity index is 3120. The molecule has 2 aromatic carbocycles. The second kappa shape index (κ2) is 47.3. The van der Waals surface area contributed by atoms with Gasteiger partial charge in [0.25, 0.3) is 0 Å². The first kappa shape index (κ1) is 91.9. The topological polar surface area (TPSA) is 363 Å². The van der Waals surface area contributed by atoms with Gasteiger partial charge in [-0.1, -0.05) is 119 Å². The number of rotatable bonds is 49. The van der Waals surface area contributed by atoms with Crippen molar-refractivity contribution in [2.45, 2.75) is 228 Å². The van der Waals surface area contributed by atoms with Gasteiger partial charge in [0, 0.05) is 95.8 Å². The highest BCUT2D eigenvalue weighted by molar-refractivity contribution is 7.89. The maximum atomic E-state index is 14.4. The fourth-order valence-electron chi connectivity index (χ4n) is 13.2. The third-order valence-corrected chi connectivity index (χ3v) is 19.5. The monoisotopic (exact) mass is 1470 g/mol. The standard InChI is InChI=1S/C49H84N4O10S.C27H40N4O8/c1-15-17-18-19-27-63-38-24-22-36(23-25-38)28-37(48(57)50-64(14,59)60)29-41(54)35(8)47(62-13)40-21-20-26-53(40)44(56)31-43(61-12)46(34(7)16-2)52(11)49(58)39(32(3)4)30-42(55)45(33(5)6)51(9)10;1-17(2)25(31-23(34)7-4-8-24(35)36)22(33)14-20(6-5-13-29-27(28)38)26(37)30-21-11-9-19(10-12-21)16-39-15-18(3)32/h22-25,32-35,37,39-40,43,45-47H,15-21,26-31H2,1-14H3,(H,50,57);9-12,17,20,25H,4-8,13-16H2,1-3H3,(H,30,37)(H,31,34)(H,35,36)(H3,28,29,38)/t34-,35-,37+,39-,40-,43+,45-,46-,47+;20-,25+/m01/s1. The van der Waals surface area contributed by atoms with Gasteiger partial charge in [-0.05, 0) is 125 Å². The number of likely N-dealkylation sites (N-methyl/N-ethyl adjacent to an activating group) is 2. The number of carboxylic acid groups (broad SMARTS) is 1.